The van der Waals surface area contributed by atoms with E-state index in [1.807, 2.05) is 5.38 Å². The molecule has 6 heteroatoms. The molecule has 0 radical (unpaired) electrons. The van der Waals surface area contributed by atoms with Crippen LogP contribution >= 0.6 is 18.6 Å². The minimum absolute atomic E-state index is 0. The van der Waals surface area contributed by atoms with E-state index in [2.05, 4.69) is 101 Å². The quantitative estimate of drug-likeness (QED) is 0.158. The Bertz CT molecular complexity index is 1080. The summed E-state index contributed by atoms with van der Waals surface area (Å²) >= 11 is 1.46. The fourth-order valence-electron chi connectivity index (χ4n) is 5.04. The van der Waals surface area contributed by atoms with E-state index in [0.29, 0.717) is 11.6 Å². The van der Waals surface area contributed by atoms with Crippen molar-refractivity contribution in [3.63, 3.8) is 0 Å². The van der Waals surface area contributed by atoms with Crippen molar-refractivity contribution in [2.75, 3.05) is 11.5 Å². The van der Waals surface area contributed by atoms with Crippen LogP contribution in [-0.2, 0) is 4.79 Å². The maximum Gasteiger partial charge on any atom is 0.226 e. The van der Waals surface area contributed by atoms with Crippen LogP contribution in [0.4, 0.5) is 5.13 Å². The van der Waals surface area contributed by atoms with Gasteiger partial charge in [0.25, 0.3) is 0 Å². The molecule has 0 fully saturated rings. The number of nitrogens with zero attached hydrogens (tertiary/aromatic N) is 1. The van der Waals surface area contributed by atoms with Gasteiger partial charge in [0.1, 0.15) is 23.2 Å². The van der Waals surface area contributed by atoms with E-state index in [-0.39, 0.29) is 22.9 Å². The van der Waals surface area contributed by atoms with Gasteiger partial charge in [-0.05, 0) is 55.7 Å². The Hall–Kier alpha value is -2.33. The molecule has 1 heterocycles. The monoisotopic (exact) mass is 608 g/mol. The molecule has 0 aliphatic rings. The van der Waals surface area contributed by atoms with Gasteiger partial charge in [-0.2, -0.15) is 0 Å². The first-order valence-corrected chi connectivity index (χ1v) is 16.4. The molecule has 0 aliphatic heterocycles. The molecule has 1 amide bonds. The maximum atomic E-state index is 12.0. The van der Waals surface area contributed by atoms with Gasteiger partial charge in [-0.3, -0.25) is 4.79 Å². The lowest BCUT2D eigenvalue weighted by Gasteiger charge is -2.27. The molecule has 0 bridgehead atoms. The van der Waals surface area contributed by atoms with Crippen molar-refractivity contribution in [1.29, 1.82) is 0 Å². The maximum absolute atomic E-state index is 12.0. The van der Waals surface area contributed by atoms with Crippen LogP contribution in [0.1, 0.15) is 57.8 Å². The summed E-state index contributed by atoms with van der Waals surface area (Å²) in [5.41, 5.74) is 0. The third-order valence-electron chi connectivity index (χ3n) is 6.92. The van der Waals surface area contributed by atoms with Crippen molar-refractivity contribution >= 4 is 45.6 Å². The number of hydrogen-bond donors (Lipinski definition) is 1. The van der Waals surface area contributed by atoms with Crippen molar-refractivity contribution in [2.24, 2.45) is 0 Å². The molecule has 38 heavy (non-hydrogen) atoms. The van der Waals surface area contributed by atoms with E-state index in [0.717, 1.165) is 12.8 Å². The zero-order chi connectivity index (χ0) is 25.6. The highest BCUT2D eigenvalue weighted by Gasteiger charge is 2.44. The first-order valence-electron chi connectivity index (χ1n) is 13.5. The van der Waals surface area contributed by atoms with Crippen LogP contribution in [0.15, 0.2) is 103 Å². The third-order valence-corrected chi connectivity index (χ3v) is 12.1. The van der Waals surface area contributed by atoms with Gasteiger partial charge in [-0.1, -0.05) is 86.7 Å². The van der Waals surface area contributed by atoms with E-state index in [9.17, 15) is 4.79 Å². The summed E-state index contributed by atoms with van der Waals surface area (Å²) in [5, 5.41) is 9.87. The second-order valence-corrected chi connectivity index (χ2v) is 14.0. The lowest BCUT2D eigenvalue weighted by molar-refractivity contribution is -0.116. The lowest BCUT2D eigenvalue weighted by Crippen LogP contribution is -3.00. The largest absolute Gasteiger partial charge is 1.00 e. The number of benzene rings is 3. The summed E-state index contributed by atoms with van der Waals surface area (Å²) in [6.07, 6.45) is 13.1. The van der Waals surface area contributed by atoms with E-state index < -0.39 is 7.26 Å². The number of anilines is 1. The fraction of sp³-hybridized carbons (Fsp3) is 0.312. The second kappa shape index (κ2) is 16.6. The summed E-state index contributed by atoms with van der Waals surface area (Å²) in [6, 6.07) is 33.6. The molecule has 4 rings (SSSR count). The van der Waals surface area contributed by atoms with Crippen molar-refractivity contribution in [2.45, 2.75) is 57.8 Å². The summed E-state index contributed by atoms with van der Waals surface area (Å²) < 4.78 is 0. The summed E-state index contributed by atoms with van der Waals surface area (Å²) in [7, 11) is -1.70. The van der Waals surface area contributed by atoms with Gasteiger partial charge in [-0.25, -0.2) is 4.98 Å². The molecule has 1 N–H and O–H groups in total. The van der Waals surface area contributed by atoms with E-state index in [1.165, 1.54) is 71.9 Å². The molecule has 0 saturated heterocycles. The normalized spacial score (nSPS) is 11.1. The SMILES string of the molecule is O=C(CCCCCCCCCC[P+](c1ccccc1)(c1ccccc1)c1ccccc1)Nc1nccs1.[Br-]. The number of halogens is 1. The van der Waals surface area contributed by atoms with E-state index in [1.54, 1.807) is 6.20 Å². The third kappa shape index (κ3) is 8.59. The van der Waals surface area contributed by atoms with Gasteiger partial charge in [0, 0.05) is 18.0 Å². The fourth-order valence-corrected chi connectivity index (χ4v) is 10.00. The number of amides is 1. The van der Waals surface area contributed by atoms with E-state index in [4.69, 9.17) is 0 Å². The highest BCUT2D eigenvalue weighted by atomic mass is 79.9. The lowest BCUT2D eigenvalue weighted by atomic mass is 10.1. The molecule has 0 spiro atoms. The Morgan fingerprint density at radius 2 is 1.11 bits per heavy atom. The Kier molecular flexibility index (Phi) is 13.2. The predicted molar refractivity (Wildman–Crippen MR) is 162 cm³/mol. The van der Waals surface area contributed by atoms with Crippen molar-refractivity contribution in [1.82, 2.24) is 4.98 Å². The zero-order valence-corrected chi connectivity index (χ0v) is 25.3. The number of carbonyl (C=O) groups is 1. The smallest absolute Gasteiger partial charge is 0.226 e. The number of hydrogen-bond acceptors (Lipinski definition) is 3. The van der Waals surface area contributed by atoms with Crippen molar-refractivity contribution in [3.05, 3.63) is 103 Å². The Morgan fingerprint density at radius 1 is 0.658 bits per heavy atom. The Balaban J connectivity index is 0.00000400. The molecule has 4 aromatic rings. The van der Waals surface area contributed by atoms with Crippen LogP contribution in [0.25, 0.3) is 0 Å². The highest BCUT2D eigenvalue weighted by molar-refractivity contribution is 7.95. The van der Waals surface area contributed by atoms with Gasteiger partial charge < -0.3 is 22.3 Å². The van der Waals surface area contributed by atoms with Crippen LogP contribution in [0.3, 0.4) is 0 Å². The number of carbonyl (C=O) groups excluding carboxylic acids is 1. The summed E-state index contributed by atoms with van der Waals surface area (Å²) in [5.74, 6) is 0.0806. The van der Waals surface area contributed by atoms with Crippen LogP contribution in [0, 0.1) is 0 Å². The highest BCUT2D eigenvalue weighted by Crippen LogP contribution is 2.56. The first kappa shape index (κ1) is 30.2. The van der Waals surface area contributed by atoms with Crippen LogP contribution in [0.5, 0.6) is 0 Å². The van der Waals surface area contributed by atoms with Gasteiger partial charge in [0.05, 0.1) is 6.16 Å². The Labute approximate surface area is 243 Å². The standard InChI is InChI=1S/C32H37N2OPS.BrH/c35-31(34-32-33-25-27-37-32)24-16-5-3-1-2-4-6-17-26-36(28-18-10-7-11-19-28,29-20-12-8-13-21-29)30-22-14-9-15-23-30;/h7-15,18-23,25,27H,1-6,16-17,24,26H2;1H. The molecule has 0 saturated carbocycles. The van der Waals surface area contributed by atoms with Gasteiger partial charge >= 0.3 is 0 Å². The topological polar surface area (TPSA) is 42.0 Å². The van der Waals surface area contributed by atoms with E-state index >= 15 is 0 Å². The van der Waals surface area contributed by atoms with Crippen LogP contribution in [0.2, 0.25) is 0 Å². The molecular formula is C32H38BrN2OPS. The first-order chi connectivity index (χ1) is 18.3. The number of thiazole rings is 1. The van der Waals surface area contributed by atoms with Crippen LogP contribution < -0.4 is 38.2 Å². The molecular weight excluding hydrogens is 571 g/mol. The number of nitrogens with one attached hydrogen (secondary N) is 1. The summed E-state index contributed by atoms with van der Waals surface area (Å²) in [4.78, 5) is 16.1. The predicted octanol–water partition coefficient (Wildman–Crippen LogP) is 4.59. The van der Waals surface area contributed by atoms with Crippen LogP contribution in [-0.4, -0.2) is 17.1 Å². The van der Waals surface area contributed by atoms with Crippen molar-refractivity contribution in [3.8, 4) is 0 Å². The number of rotatable bonds is 15. The molecule has 200 valence electrons. The minimum atomic E-state index is -1.70. The van der Waals surface area contributed by atoms with Crippen molar-refractivity contribution < 1.29 is 21.8 Å². The molecule has 1 aromatic heterocycles. The average molecular weight is 610 g/mol. The molecule has 3 aromatic carbocycles. The zero-order valence-electron chi connectivity index (χ0n) is 22.0. The molecule has 0 aliphatic carbocycles. The minimum Gasteiger partial charge on any atom is -1.00 e. The molecule has 3 nitrogen and oxygen atoms in total. The Morgan fingerprint density at radius 3 is 1.55 bits per heavy atom. The second-order valence-electron chi connectivity index (χ2n) is 9.50. The number of unbranched alkanes of at least 4 members (excludes halogenated alkanes) is 7. The summed E-state index contributed by atoms with van der Waals surface area (Å²) in [6.45, 7) is 0. The van der Waals surface area contributed by atoms with Gasteiger partial charge in [-0.15, -0.1) is 11.3 Å². The molecule has 0 unspecified atom stereocenters. The van der Waals surface area contributed by atoms with Gasteiger partial charge in [0.2, 0.25) is 5.91 Å². The van der Waals surface area contributed by atoms with Gasteiger partial charge in [0.15, 0.2) is 5.13 Å². The molecule has 0 atom stereocenters. The number of aromatic nitrogens is 1. The average Bonchev–Trinajstić information content (AvgIpc) is 3.46.